The van der Waals surface area contributed by atoms with Crippen molar-refractivity contribution in [3.05, 3.63) is 0 Å². The van der Waals surface area contributed by atoms with Crippen molar-refractivity contribution in [3.63, 3.8) is 0 Å². The molecule has 3 fully saturated rings. The lowest BCUT2D eigenvalue weighted by Gasteiger charge is -2.25. The zero-order valence-electron chi connectivity index (χ0n) is 10.3. The van der Waals surface area contributed by atoms with Gasteiger partial charge in [0, 0.05) is 24.9 Å². The summed E-state index contributed by atoms with van der Waals surface area (Å²) in [5.41, 5.74) is 0. The minimum absolute atomic E-state index is 0.122. The first kappa shape index (κ1) is 11.9. The van der Waals surface area contributed by atoms with E-state index in [0.717, 1.165) is 0 Å². The first-order chi connectivity index (χ1) is 7.94. The molecule has 3 rings (SSSR count). The fraction of sp³-hybridized carbons (Fsp3) is 1.00. The second kappa shape index (κ2) is 3.66. The topological polar surface area (TPSA) is 55.6 Å². The van der Waals surface area contributed by atoms with Gasteiger partial charge in [0.25, 0.3) is 0 Å². The van der Waals surface area contributed by atoms with Gasteiger partial charge in [0.15, 0.2) is 5.79 Å². The summed E-state index contributed by atoms with van der Waals surface area (Å²) in [5, 5.41) is 0. The van der Waals surface area contributed by atoms with Crippen molar-refractivity contribution >= 4 is 10.0 Å². The van der Waals surface area contributed by atoms with E-state index in [4.69, 9.17) is 9.47 Å². The van der Waals surface area contributed by atoms with Crippen LogP contribution in [0.25, 0.3) is 0 Å². The second-order valence-corrected chi connectivity index (χ2v) is 7.57. The number of sulfonamides is 1. The SMILES string of the molecule is CC(C)CS(=O)(=O)N1C2CC3(CC21)OCCO3. The van der Waals surface area contributed by atoms with Crippen molar-refractivity contribution in [2.24, 2.45) is 5.92 Å². The molecular weight excluding hydrogens is 242 g/mol. The molecule has 0 amide bonds. The molecule has 2 atom stereocenters. The molecule has 2 aliphatic heterocycles. The number of nitrogens with zero attached hydrogens (tertiary/aromatic N) is 1. The van der Waals surface area contributed by atoms with Gasteiger partial charge in [-0.25, -0.2) is 8.42 Å². The van der Waals surface area contributed by atoms with Crippen LogP contribution in [0.15, 0.2) is 0 Å². The van der Waals surface area contributed by atoms with E-state index in [1.807, 2.05) is 13.8 Å². The summed E-state index contributed by atoms with van der Waals surface area (Å²) in [6.45, 7) is 5.14. The summed E-state index contributed by atoms with van der Waals surface area (Å²) in [4.78, 5) is 0. The van der Waals surface area contributed by atoms with Crippen molar-refractivity contribution in [2.75, 3.05) is 19.0 Å². The highest BCUT2D eigenvalue weighted by molar-refractivity contribution is 7.89. The van der Waals surface area contributed by atoms with Crippen LogP contribution in [0.5, 0.6) is 0 Å². The molecule has 2 heterocycles. The standard InChI is InChI=1S/C11H19NO4S/c1-8(2)7-17(13,14)12-9-5-11(6-10(9)12)15-3-4-16-11/h8-10H,3-7H2,1-2H3. The average Bonchev–Trinajstić information content (AvgIpc) is 2.58. The average molecular weight is 261 g/mol. The minimum atomic E-state index is -3.07. The normalized spacial score (nSPS) is 38.9. The summed E-state index contributed by atoms with van der Waals surface area (Å²) in [7, 11) is -3.07. The van der Waals surface area contributed by atoms with Gasteiger partial charge in [0.05, 0.1) is 19.0 Å². The molecule has 1 saturated carbocycles. The first-order valence-corrected chi connectivity index (χ1v) is 7.84. The van der Waals surface area contributed by atoms with Crippen LogP contribution in [-0.2, 0) is 19.5 Å². The Hall–Kier alpha value is -0.170. The number of ether oxygens (including phenoxy) is 2. The van der Waals surface area contributed by atoms with Crippen LogP contribution in [-0.4, -0.2) is 49.6 Å². The molecule has 0 N–H and O–H groups in total. The molecule has 1 aliphatic carbocycles. The molecule has 2 saturated heterocycles. The van der Waals surface area contributed by atoms with Crippen LogP contribution in [0.2, 0.25) is 0 Å². The summed E-state index contributed by atoms with van der Waals surface area (Å²) in [6.07, 6.45) is 1.41. The predicted molar refractivity (Wildman–Crippen MR) is 61.9 cm³/mol. The fourth-order valence-corrected chi connectivity index (χ4v) is 5.35. The van der Waals surface area contributed by atoms with E-state index in [9.17, 15) is 8.42 Å². The smallest absolute Gasteiger partial charge is 0.214 e. The van der Waals surface area contributed by atoms with Gasteiger partial charge >= 0.3 is 0 Å². The van der Waals surface area contributed by atoms with E-state index < -0.39 is 15.8 Å². The third kappa shape index (κ3) is 1.91. The Bertz CT molecular complexity index is 399. The molecule has 0 aromatic carbocycles. The lowest BCUT2D eigenvalue weighted by Crippen LogP contribution is -2.34. The van der Waals surface area contributed by atoms with Gasteiger partial charge in [-0.1, -0.05) is 13.8 Å². The van der Waals surface area contributed by atoms with Crippen molar-refractivity contribution in [2.45, 2.75) is 44.6 Å². The summed E-state index contributed by atoms with van der Waals surface area (Å²) >= 11 is 0. The molecule has 0 aromatic heterocycles. The molecule has 5 nitrogen and oxygen atoms in total. The third-order valence-corrected chi connectivity index (χ3v) is 6.00. The summed E-state index contributed by atoms with van der Waals surface area (Å²) in [6, 6.07) is 0.244. The highest BCUT2D eigenvalue weighted by Crippen LogP contribution is 2.52. The van der Waals surface area contributed by atoms with Crippen molar-refractivity contribution in [3.8, 4) is 0 Å². The van der Waals surface area contributed by atoms with Crippen LogP contribution in [0.1, 0.15) is 26.7 Å². The van der Waals surface area contributed by atoms with E-state index in [1.54, 1.807) is 4.31 Å². The number of fused-ring (bicyclic) bond motifs is 1. The Morgan fingerprint density at radius 3 is 2.24 bits per heavy atom. The molecule has 2 unspecified atom stereocenters. The van der Waals surface area contributed by atoms with Gasteiger partial charge in [-0.3, -0.25) is 0 Å². The largest absolute Gasteiger partial charge is 0.347 e. The number of hydrogen-bond donors (Lipinski definition) is 0. The van der Waals surface area contributed by atoms with Gasteiger partial charge < -0.3 is 9.47 Å². The Kier molecular flexibility index (Phi) is 2.56. The molecule has 98 valence electrons. The van der Waals surface area contributed by atoms with E-state index in [-0.39, 0.29) is 23.8 Å². The van der Waals surface area contributed by atoms with Crippen LogP contribution < -0.4 is 0 Å². The molecule has 1 spiro atoms. The second-order valence-electron chi connectivity index (χ2n) is 5.65. The zero-order chi connectivity index (χ0) is 12.3. The van der Waals surface area contributed by atoms with Crippen LogP contribution in [0.3, 0.4) is 0 Å². The monoisotopic (exact) mass is 261 g/mol. The molecular formula is C11H19NO4S. The Labute approximate surface area is 102 Å². The molecule has 6 heteroatoms. The van der Waals surface area contributed by atoms with Crippen molar-refractivity contribution in [1.29, 1.82) is 0 Å². The highest BCUT2D eigenvalue weighted by atomic mass is 32.2. The van der Waals surface area contributed by atoms with Crippen LogP contribution in [0, 0.1) is 5.92 Å². The van der Waals surface area contributed by atoms with Gasteiger partial charge in [-0.2, -0.15) is 4.31 Å². The first-order valence-electron chi connectivity index (χ1n) is 6.23. The number of hydrogen-bond acceptors (Lipinski definition) is 4. The van der Waals surface area contributed by atoms with E-state index in [2.05, 4.69) is 0 Å². The molecule has 3 aliphatic rings. The van der Waals surface area contributed by atoms with Crippen LogP contribution >= 0.6 is 0 Å². The molecule has 0 aromatic rings. The molecule has 17 heavy (non-hydrogen) atoms. The highest BCUT2D eigenvalue weighted by Gasteiger charge is 2.66. The predicted octanol–water partition coefficient (Wildman–Crippen LogP) is 0.562. The quantitative estimate of drug-likeness (QED) is 0.697. The Morgan fingerprint density at radius 1 is 1.24 bits per heavy atom. The summed E-state index contributed by atoms with van der Waals surface area (Å²) in [5.74, 6) is -0.0391. The van der Waals surface area contributed by atoms with Crippen molar-refractivity contribution < 1.29 is 17.9 Å². The third-order valence-electron chi connectivity index (χ3n) is 3.73. The number of rotatable bonds is 3. The summed E-state index contributed by atoms with van der Waals surface area (Å²) < 4.78 is 37.0. The van der Waals surface area contributed by atoms with E-state index in [1.165, 1.54) is 0 Å². The van der Waals surface area contributed by atoms with Crippen molar-refractivity contribution in [1.82, 2.24) is 4.31 Å². The van der Waals surface area contributed by atoms with Gasteiger partial charge in [0.1, 0.15) is 0 Å². The minimum Gasteiger partial charge on any atom is -0.347 e. The molecule has 0 radical (unpaired) electrons. The van der Waals surface area contributed by atoms with Gasteiger partial charge in [-0.15, -0.1) is 0 Å². The van der Waals surface area contributed by atoms with Crippen LogP contribution in [0.4, 0.5) is 0 Å². The maximum absolute atomic E-state index is 12.1. The Morgan fingerprint density at radius 2 is 1.76 bits per heavy atom. The fourth-order valence-electron chi connectivity index (χ4n) is 3.13. The van der Waals surface area contributed by atoms with Gasteiger partial charge in [-0.05, 0) is 5.92 Å². The lowest BCUT2D eigenvalue weighted by atomic mass is 10.2. The lowest BCUT2D eigenvalue weighted by molar-refractivity contribution is -0.158. The molecule has 0 bridgehead atoms. The van der Waals surface area contributed by atoms with E-state index >= 15 is 0 Å². The number of piperidine rings is 1. The zero-order valence-corrected chi connectivity index (χ0v) is 11.1. The van der Waals surface area contributed by atoms with E-state index in [0.29, 0.717) is 26.1 Å². The van der Waals surface area contributed by atoms with Gasteiger partial charge in [0.2, 0.25) is 10.0 Å². The maximum Gasteiger partial charge on any atom is 0.214 e. The Balaban J connectivity index is 1.66. The maximum atomic E-state index is 12.1.